The summed E-state index contributed by atoms with van der Waals surface area (Å²) < 4.78 is 5.27. The van der Waals surface area contributed by atoms with Crippen LogP contribution in [0.1, 0.15) is 56.6 Å². The molecule has 0 spiro atoms. The van der Waals surface area contributed by atoms with E-state index in [4.69, 9.17) is 4.74 Å². The van der Waals surface area contributed by atoms with E-state index < -0.39 is 11.7 Å². The fraction of sp³-hybridized carbons (Fsp3) is 0.632. The molecule has 2 fully saturated rings. The summed E-state index contributed by atoms with van der Waals surface area (Å²) in [6.07, 6.45) is 4.63. The number of rotatable bonds is 4. The molecule has 1 aliphatic carbocycles. The van der Waals surface area contributed by atoms with Crippen molar-refractivity contribution in [1.82, 2.24) is 4.90 Å². The smallest absolute Gasteiger partial charge is 0.226 e. The summed E-state index contributed by atoms with van der Waals surface area (Å²) in [5.41, 5.74) is 0.0943. The Kier molecular flexibility index (Phi) is 5.11. The molecule has 1 heterocycles. The van der Waals surface area contributed by atoms with Crippen LogP contribution in [0.4, 0.5) is 0 Å². The Morgan fingerprint density at radius 1 is 1.33 bits per heavy atom. The van der Waals surface area contributed by atoms with Gasteiger partial charge in [0.25, 0.3) is 0 Å². The second-order valence-electron chi connectivity index (χ2n) is 7.19. The first kappa shape index (κ1) is 17.2. The molecule has 2 N–H and O–H groups in total. The molecule has 3 rings (SSSR count). The lowest BCUT2D eigenvalue weighted by Gasteiger charge is -2.34. The molecular formula is C19H27NO4. The number of benzene rings is 1. The molecule has 0 unspecified atom stereocenters. The Hall–Kier alpha value is -1.59. The molecule has 1 aliphatic heterocycles. The summed E-state index contributed by atoms with van der Waals surface area (Å²) >= 11 is 0. The van der Waals surface area contributed by atoms with Crippen molar-refractivity contribution in [3.05, 3.63) is 29.8 Å². The maximum Gasteiger partial charge on any atom is 0.226 e. The molecule has 1 aromatic carbocycles. The molecule has 24 heavy (non-hydrogen) atoms. The number of carbonyl (C=O) groups is 1. The standard InChI is InChI=1S/C19H27NO4/c1-24-16-7-5-6-14(10-16)17-11-15(21)13-20(17)18(22)12-19(23)8-3-2-4-9-19/h5-7,10,15,17,21,23H,2-4,8-9,11-13H2,1H3/t15-,17-/m1/s1. The molecule has 1 saturated heterocycles. The van der Waals surface area contributed by atoms with Gasteiger partial charge in [0.1, 0.15) is 5.75 Å². The molecule has 1 aromatic rings. The van der Waals surface area contributed by atoms with Gasteiger partial charge in [-0.2, -0.15) is 0 Å². The number of likely N-dealkylation sites (tertiary alicyclic amines) is 1. The van der Waals surface area contributed by atoms with E-state index >= 15 is 0 Å². The lowest BCUT2D eigenvalue weighted by atomic mass is 9.82. The van der Waals surface area contributed by atoms with Gasteiger partial charge < -0.3 is 19.8 Å². The average Bonchev–Trinajstić information content (AvgIpc) is 2.97. The molecule has 132 valence electrons. The fourth-order valence-electron chi connectivity index (χ4n) is 4.02. The highest BCUT2D eigenvalue weighted by molar-refractivity contribution is 5.78. The molecule has 0 bridgehead atoms. The van der Waals surface area contributed by atoms with Crippen molar-refractivity contribution in [2.75, 3.05) is 13.7 Å². The highest BCUT2D eigenvalue weighted by Gasteiger charge is 2.39. The number of hydrogen-bond donors (Lipinski definition) is 2. The minimum Gasteiger partial charge on any atom is -0.497 e. The molecule has 5 heteroatoms. The Morgan fingerprint density at radius 2 is 2.08 bits per heavy atom. The highest BCUT2D eigenvalue weighted by atomic mass is 16.5. The van der Waals surface area contributed by atoms with E-state index in [2.05, 4.69) is 0 Å². The number of aliphatic hydroxyl groups excluding tert-OH is 1. The largest absolute Gasteiger partial charge is 0.497 e. The van der Waals surface area contributed by atoms with Gasteiger partial charge in [-0.05, 0) is 37.0 Å². The van der Waals surface area contributed by atoms with Gasteiger partial charge in [-0.3, -0.25) is 4.79 Å². The van der Waals surface area contributed by atoms with E-state index in [0.717, 1.165) is 30.6 Å². The predicted octanol–water partition coefficient (Wildman–Crippen LogP) is 2.41. The van der Waals surface area contributed by atoms with Gasteiger partial charge in [-0.15, -0.1) is 0 Å². The van der Waals surface area contributed by atoms with Crippen molar-refractivity contribution in [3.63, 3.8) is 0 Å². The molecule has 5 nitrogen and oxygen atoms in total. The van der Waals surface area contributed by atoms with Crippen LogP contribution >= 0.6 is 0 Å². The molecule has 2 atom stereocenters. The summed E-state index contributed by atoms with van der Waals surface area (Å²) in [4.78, 5) is 14.6. The third-order valence-corrected chi connectivity index (χ3v) is 5.34. The van der Waals surface area contributed by atoms with Crippen LogP contribution in [0.2, 0.25) is 0 Å². The van der Waals surface area contributed by atoms with Gasteiger partial charge in [0.2, 0.25) is 5.91 Å². The minimum atomic E-state index is -0.873. The van der Waals surface area contributed by atoms with Crippen molar-refractivity contribution in [3.8, 4) is 5.75 Å². The topological polar surface area (TPSA) is 70.0 Å². The van der Waals surface area contributed by atoms with Crippen LogP contribution in [0.15, 0.2) is 24.3 Å². The summed E-state index contributed by atoms with van der Waals surface area (Å²) in [7, 11) is 1.62. The van der Waals surface area contributed by atoms with Crippen molar-refractivity contribution >= 4 is 5.91 Å². The van der Waals surface area contributed by atoms with E-state index in [1.165, 1.54) is 0 Å². The number of amides is 1. The first-order chi connectivity index (χ1) is 11.5. The molecule has 0 radical (unpaired) electrons. The predicted molar refractivity (Wildman–Crippen MR) is 90.7 cm³/mol. The van der Waals surface area contributed by atoms with E-state index in [1.54, 1.807) is 12.0 Å². The first-order valence-electron chi connectivity index (χ1n) is 8.85. The third-order valence-electron chi connectivity index (χ3n) is 5.34. The Morgan fingerprint density at radius 3 is 2.79 bits per heavy atom. The van der Waals surface area contributed by atoms with Crippen LogP contribution in [0.25, 0.3) is 0 Å². The second-order valence-corrected chi connectivity index (χ2v) is 7.19. The Balaban J connectivity index is 1.75. The maximum atomic E-state index is 12.8. The van der Waals surface area contributed by atoms with E-state index in [0.29, 0.717) is 25.8 Å². The van der Waals surface area contributed by atoms with E-state index in [9.17, 15) is 15.0 Å². The SMILES string of the molecule is COc1cccc([C@H]2C[C@@H](O)CN2C(=O)CC2(O)CCCCC2)c1. The zero-order chi connectivity index (χ0) is 17.2. The van der Waals surface area contributed by atoms with Crippen LogP contribution in [-0.2, 0) is 4.79 Å². The highest BCUT2D eigenvalue weighted by Crippen LogP contribution is 2.37. The molecule has 2 aliphatic rings. The van der Waals surface area contributed by atoms with E-state index in [-0.39, 0.29) is 18.4 Å². The van der Waals surface area contributed by atoms with Crippen LogP contribution in [0.5, 0.6) is 5.75 Å². The van der Waals surface area contributed by atoms with Gasteiger partial charge in [0.05, 0.1) is 31.3 Å². The second kappa shape index (κ2) is 7.11. The third kappa shape index (κ3) is 3.73. The fourth-order valence-corrected chi connectivity index (χ4v) is 4.02. The number of nitrogens with zero attached hydrogens (tertiary/aromatic N) is 1. The minimum absolute atomic E-state index is 0.0660. The van der Waals surface area contributed by atoms with Crippen molar-refractivity contribution < 1.29 is 19.7 Å². The summed E-state index contributed by atoms with van der Waals surface area (Å²) in [6.45, 7) is 0.330. The number of β-amino-alcohol motifs (C(OH)–C–C–N with tert-alkyl or cyclic N) is 1. The van der Waals surface area contributed by atoms with Crippen molar-refractivity contribution in [2.24, 2.45) is 0 Å². The van der Waals surface area contributed by atoms with Gasteiger partial charge in [-0.25, -0.2) is 0 Å². The van der Waals surface area contributed by atoms with Crippen LogP contribution in [0.3, 0.4) is 0 Å². The van der Waals surface area contributed by atoms with Crippen molar-refractivity contribution in [2.45, 2.75) is 62.7 Å². The van der Waals surface area contributed by atoms with Crippen LogP contribution in [-0.4, -0.2) is 46.4 Å². The van der Waals surface area contributed by atoms with Crippen LogP contribution < -0.4 is 4.74 Å². The van der Waals surface area contributed by atoms with Gasteiger partial charge >= 0.3 is 0 Å². The molecule has 0 aromatic heterocycles. The quantitative estimate of drug-likeness (QED) is 0.888. The maximum absolute atomic E-state index is 12.8. The van der Waals surface area contributed by atoms with Gasteiger partial charge in [0, 0.05) is 6.54 Å². The summed E-state index contributed by atoms with van der Waals surface area (Å²) in [5, 5.41) is 20.8. The molecular weight excluding hydrogens is 306 g/mol. The number of ether oxygens (including phenoxy) is 1. The summed E-state index contributed by atoms with van der Waals surface area (Å²) in [6, 6.07) is 7.48. The normalized spacial score (nSPS) is 26.4. The first-order valence-corrected chi connectivity index (χ1v) is 8.85. The number of carbonyl (C=O) groups excluding carboxylic acids is 1. The average molecular weight is 333 g/mol. The van der Waals surface area contributed by atoms with Gasteiger partial charge in [-0.1, -0.05) is 31.4 Å². The Bertz CT molecular complexity index is 582. The number of hydrogen-bond acceptors (Lipinski definition) is 4. The van der Waals surface area contributed by atoms with Crippen molar-refractivity contribution in [1.29, 1.82) is 0 Å². The summed E-state index contributed by atoms with van der Waals surface area (Å²) in [5.74, 6) is 0.677. The Labute approximate surface area is 143 Å². The zero-order valence-corrected chi connectivity index (χ0v) is 14.3. The lowest BCUT2D eigenvalue weighted by molar-refractivity contribution is -0.139. The van der Waals surface area contributed by atoms with Crippen LogP contribution in [0, 0.1) is 0 Å². The number of aliphatic hydroxyl groups is 2. The number of methoxy groups -OCH3 is 1. The van der Waals surface area contributed by atoms with Gasteiger partial charge in [0.15, 0.2) is 0 Å². The lowest BCUT2D eigenvalue weighted by Crippen LogP contribution is -2.40. The van der Waals surface area contributed by atoms with E-state index in [1.807, 2.05) is 24.3 Å². The molecule has 1 amide bonds. The molecule has 1 saturated carbocycles. The monoisotopic (exact) mass is 333 g/mol. The zero-order valence-electron chi connectivity index (χ0n) is 14.3.